The minimum atomic E-state index is 0.403. The Morgan fingerprint density at radius 3 is 2.04 bits per heavy atom. The molecule has 4 rings (SSSR count). The maximum Gasteiger partial charge on any atom is 0.198 e. The molecule has 0 radical (unpaired) electrons. The lowest BCUT2D eigenvalue weighted by molar-refractivity contribution is 0.431. The molecule has 1 fully saturated rings. The minimum Gasteiger partial charge on any atom is -0.440 e. The average Bonchev–Trinajstić information content (AvgIpc) is 3.06. The summed E-state index contributed by atoms with van der Waals surface area (Å²) in [5.74, 6) is 2.17. The molecule has 1 atom stereocenters. The van der Waals surface area contributed by atoms with E-state index in [4.69, 9.17) is 9.40 Å². The summed E-state index contributed by atoms with van der Waals surface area (Å²) in [5, 5.41) is 3.46. The van der Waals surface area contributed by atoms with E-state index in [-0.39, 0.29) is 0 Å². The third-order valence-corrected chi connectivity index (χ3v) is 4.65. The van der Waals surface area contributed by atoms with Crippen molar-refractivity contribution in [3.05, 3.63) is 66.6 Å². The SMILES string of the molecule is CC.CC.c1ccc(-c2nc(C3CCCNCC3)oc2-c2ccccc2)cc1. The number of hydrogen-bond donors (Lipinski definition) is 1. The first kappa shape index (κ1) is 21.9. The molecule has 1 aliphatic rings. The number of hydrogen-bond acceptors (Lipinski definition) is 3. The van der Waals surface area contributed by atoms with Crippen LogP contribution in [0.3, 0.4) is 0 Å². The van der Waals surface area contributed by atoms with Crippen molar-refractivity contribution in [1.82, 2.24) is 10.3 Å². The van der Waals surface area contributed by atoms with Crippen molar-refractivity contribution >= 4 is 0 Å². The molecule has 3 aromatic rings. The smallest absolute Gasteiger partial charge is 0.198 e. The van der Waals surface area contributed by atoms with Crippen molar-refractivity contribution in [3.63, 3.8) is 0 Å². The Morgan fingerprint density at radius 2 is 1.39 bits per heavy atom. The predicted molar refractivity (Wildman–Crippen MR) is 120 cm³/mol. The average molecular weight is 379 g/mol. The monoisotopic (exact) mass is 378 g/mol. The van der Waals surface area contributed by atoms with Crippen molar-refractivity contribution in [2.45, 2.75) is 52.9 Å². The van der Waals surface area contributed by atoms with Gasteiger partial charge in [-0.25, -0.2) is 4.98 Å². The fraction of sp³-hybridized carbons (Fsp3) is 0.400. The molecule has 0 aliphatic carbocycles. The molecule has 28 heavy (non-hydrogen) atoms. The van der Waals surface area contributed by atoms with Gasteiger partial charge in [-0.1, -0.05) is 88.4 Å². The lowest BCUT2D eigenvalue weighted by Gasteiger charge is -2.08. The number of oxazole rings is 1. The van der Waals surface area contributed by atoms with Crippen LogP contribution in [0.15, 0.2) is 65.1 Å². The molecule has 0 saturated carbocycles. The van der Waals surface area contributed by atoms with Gasteiger partial charge >= 0.3 is 0 Å². The molecule has 0 spiro atoms. The van der Waals surface area contributed by atoms with Crippen molar-refractivity contribution in [2.75, 3.05) is 13.1 Å². The second-order valence-electron chi connectivity index (χ2n) is 6.34. The normalized spacial score (nSPS) is 16.1. The summed E-state index contributed by atoms with van der Waals surface area (Å²) >= 11 is 0. The van der Waals surface area contributed by atoms with Crippen LogP contribution < -0.4 is 5.32 Å². The van der Waals surface area contributed by atoms with Gasteiger partial charge < -0.3 is 9.73 Å². The quantitative estimate of drug-likeness (QED) is 0.537. The zero-order valence-electron chi connectivity index (χ0n) is 17.7. The highest BCUT2D eigenvalue weighted by Gasteiger charge is 2.23. The fourth-order valence-electron chi connectivity index (χ4n) is 3.35. The van der Waals surface area contributed by atoms with Gasteiger partial charge in [-0.3, -0.25) is 0 Å². The molecule has 1 N–H and O–H groups in total. The predicted octanol–water partition coefficient (Wildman–Crippen LogP) is 6.92. The van der Waals surface area contributed by atoms with Gasteiger partial charge in [-0.15, -0.1) is 0 Å². The molecule has 1 aromatic heterocycles. The highest BCUT2D eigenvalue weighted by molar-refractivity contribution is 5.76. The van der Waals surface area contributed by atoms with E-state index in [0.29, 0.717) is 5.92 Å². The zero-order chi connectivity index (χ0) is 20.2. The van der Waals surface area contributed by atoms with Gasteiger partial charge in [0.25, 0.3) is 0 Å². The summed E-state index contributed by atoms with van der Waals surface area (Å²) in [6.45, 7) is 10.1. The first-order valence-electron chi connectivity index (χ1n) is 10.7. The molecule has 1 unspecified atom stereocenters. The fourth-order valence-corrected chi connectivity index (χ4v) is 3.35. The van der Waals surface area contributed by atoms with Gasteiger partial charge in [-0.05, 0) is 32.4 Å². The number of benzene rings is 2. The van der Waals surface area contributed by atoms with E-state index in [0.717, 1.165) is 54.4 Å². The van der Waals surface area contributed by atoms with Crippen molar-refractivity contribution in [1.29, 1.82) is 0 Å². The van der Waals surface area contributed by atoms with Crippen molar-refractivity contribution in [2.24, 2.45) is 0 Å². The summed E-state index contributed by atoms with van der Waals surface area (Å²) < 4.78 is 6.31. The van der Waals surface area contributed by atoms with Crippen LogP contribution in [0.25, 0.3) is 22.6 Å². The van der Waals surface area contributed by atoms with E-state index in [1.165, 1.54) is 6.42 Å². The molecule has 1 saturated heterocycles. The maximum absolute atomic E-state index is 6.31. The Kier molecular flexibility index (Phi) is 9.50. The molecule has 0 bridgehead atoms. The van der Waals surface area contributed by atoms with E-state index in [9.17, 15) is 0 Å². The molecular formula is C25H34N2O. The van der Waals surface area contributed by atoms with Crippen LogP contribution in [0.5, 0.6) is 0 Å². The van der Waals surface area contributed by atoms with Crippen molar-refractivity contribution < 1.29 is 4.42 Å². The maximum atomic E-state index is 6.31. The summed E-state index contributed by atoms with van der Waals surface area (Å²) in [6, 6.07) is 20.6. The van der Waals surface area contributed by atoms with Crippen LogP contribution in [0.2, 0.25) is 0 Å². The second-order valence-corrected chi connectivity index (χ2v) is 6.34. The molecule has 2 aromatic carbocycles. The Hall–Kier alpha value is -2.39. The van der Waals surface area contributed by atoms with Crippen LogP contribution in [-0.2, 0) is 0 Å². The molecule has 150 valence electrons. The molecule has 3 nitrogen and oxygen atoms in total. The van der Waals surface area contributed by atoms with E-state index < -0.39 is 0 Å². The Balaban J connectivity index is 0.000000660. The van der Waals surface area contributed by atoms with Crippen LogP contribution in [-0.4, -0.2) is 18.1 Å². The molecule has 0 amide bonds. The first-order valence-corrected chi connectivity index (χ1v) is 10.7. The highest BCUT2D eigenvalue weighted by atomic mass is 16.4. The third-order valence-electron chi connectivity index (χ3n) is 4.65. The lowest BCUT2D eigenvalue weighted by Crippen LogP contribution is -2.13. The zero-order valence-corrected chi connectivity index (χ0v) is 17.7. The van der Waals surface area contributed by atoms with E-state index in [2.05, 4.69) is 29.6 Å². The van der Waals surface area contributed by atoms with Gasteiger partial charge in [0.1, 0.15) is 5.69 Å². The molecular weight excluding hydrogens is 344 g/mol. The Labute approximate surface area is 170 Å². The van der Waals surface area contributed by atoms with Crippen LogP contribution in [0.4, 0.5) is 0 Å². The van der Waals surface area contributed by atoms with Gasteiger partial charge in [-0.2, -0.15) is 0 Å². The van der Waals surface area contributed by atoms with Crippen LogP contribution in [0.1, 0.15) is 58.8 Å². The van der Waals surface area contributed by atoms with Gasteiger partial charge in [0.05, 0.1) is 0 Å². The number of nitrogens with one attached hydrogen (secondary N) is 1. The molecule has 2 heterocycles. The van der Waals surface area contributed by atoms with Gasteiger partial charge in [0.2, 0.25) is 0 Å². The first-order chi connectivity index (χ1) is 13.9. The topological polar surface area (TPSA) is 38.1 Å². The molecule has 3 heteroatoms. The van der Waals surface area contributed by atoms with Gasteiger partial charge in [0, 0.05) is 17.0 Å². The Bertz CT molecular complexity index is 716. The number of nitrogens with zero attached hydrogens (tertiary/aromatic N) is 1. The van der Waals surface area contributed by atoms with E-state index in [1.807, 2.05) is 64.1 Å². The summed E-state index contributed by atoms with van der Waals surface area (Å²) in [4.78, 5) is 4.93. The number of aromatic nitrogens is 1. The second kappa shape index (κ2) is 12.1. The Morgan fingerprint density at radius 1 is 0.786 bits per heavy atom. The summed E-state index contributed by atoms with van der Waals surface area (Å²) in [6.07, 6.45) is 3.40. The summed E-state index contributed by atoms with van der Waals surface area (Å²) in [5.41, 5.74) is 3.15. The number of rotatable bonds is 3. The van der Waals surface area contributed by atoms with Crippen LogP contribution in [0, 0.1) is 0 Å². The lowest BCUT2D eigenvalue weighted by atomic mass is 10.0. The standard InChI is InChI=1S/C21H22N2O.2C2H6/c1-3-8-16(9-4-1)19-20(17-10-5-2-6-11-17)24-21(23-19)18-12-7-14-22-15-13-18;2*1-2/h1-6,8-11,18,22H,7,12-15H2;2*1-2H3. The van der Waals surface area contributed by atoms with Crippen LogP contribution >= 0.6 is 0 Å². The van der Waals surface area contributed by atoms with Gasteiger partial charge in [0.15, 0.2) is 11.7 Å². The van der Waals surface area contributed by atoms with E-state index >= 15 is 0 Å². The summed E-state index contributed by atoms with van der Waals surface area (Å²) in [7, 11) is 0. The third kappa shape index (κ3) is 5.56. The van der Waals surface area contributed by atoms with E-state index in [1.54, 1.807) is 0 Å². The van der Waals surface area contributed by atoms with Crippen molar-refractivity contribution in [3.8, 4) is 22.6 Å². The molecule has 1 aliphatic heterocycles. The highest BCUT2D eigenvalue weighted by Crippen LogP contribution is 2.36. The largest absolute Gasteiger partial charge is 0.440 e. The minimum absolute atomic E-state index is 0.403.